The molecule has 0 aliphatic heterocycles. The van der Waals surface area contributed by atoms with Gasteiger partial charge in [0.25, 0.3) is 5.56 Å². The molecule has 4 aromatic rings. The Balaban J connectivity index is 1.84. The Hall–Kier alpha value is -3.69. The topological polar surface area (TPSA) is 89.6 Å². The fraction of sp³-hybridized carbons (Fsp3) is 0.111. The first-order valence-corrected chi connectivity index (χ1v) is 8.14. The molecule has 0 aliphatic carbocycles. The van der Waals surface area contributed by atoms with E-state index >= 15 is 0 Å². The SMILES string of the molecule is O=c1[nH]c(-c2cc(-c3ccon3)n(Cc3ccccc3F)n2)nc(CF)c1F. The van der Waals surface area contributed by atoms with Crippen molar-refractivity contribution in [1.82, 2.24) is 24.9 Å². The molecule has 0 spiro atoms. The molecule has 0 unspecified atom stereocenters. The molecular weight excluding hydrogens is 375 g/mol. The summed E-state index contributed by atoms with van der Waals surface area (Å²) in [6, 6.07) is 9.26. The van der Waals surface area contributed by atoms with E-state index in [9.17, 15) is 18.0 Å². The zero-order valence-electron chi connectivity index (χ0n) is 14.2. The van der Waals surface area contributed by atoms with Crippen LogP contribution in [0.5, 0.6) is 0 Å². The molecule has 0 fully saturated rings. The maximum atomic E-state index is 14.1. The molecule has 142 valence electrons. The van der Waals surface area contributed by atoms with Crippen molar-refractivity contribution in [1.29, 1.82) is 0 Å². The number of halogens is 3. The lowest BCUT2D eigenvalue weighted by molar-refractivity contribution is 0.421. The molecule has 0 saturated carbocycles. The second kappa shape index (κ2) is 7.14. The zero-order valence-corrected chi connectivity index (χ0v) is 14.2. The number of nitrogens with zero attached hydrogens (tertiary/aromatic N) is 4. The number of rotatable bonds is 5. The van der Waals surface area contributed by atoms with Crippen molar-refractivity contribution in [3.05, 3.63) is 75.9 Å². The smallest absolute Gasteiger partial charge is 0.287 e. The molecule has 0 radical (unpaired) electrons. The van der Waals surface area contributed by atoms with E-state index in [0.717, 1.165) is 0 Å². The van der Waals surface area contributed by atoms with Crippen LogP contribution in [-0.4, -0.2) is 24.9 Å². The van der Waals surface area contributed by atoms with Gasteiger partial charge in [0.15, 0.2) is 5.82 Å². The van der Waals surface area contributed by atoms with Crippen LogP contribution >= 0.6 is 0 Å². The maximum absolute atomic E-state index is 14.1. The molecule has 1 N–H and O–H groups in total. The third-order valence-corrected chi connectivity index (χ3v) is 4.06. The fourth-order valence-corrected chi connectivity index (χ4v) is 2.71. The molecule has 0 amide bonds. The molecule has 10 heteroatoms. The molecular formula is C18H12F3N5O2. The van der Waals surface area contributed by atoms with Gasteiger partial charge in [-0.15, -0.1) is 0 Å². The van der Waals surface area contributed by atoms with Crippen molar-refractivity contribution < 1.29 is 17.7 Å². The number of aromatic nitrogens is 5. The van der Waals surface area contributed by atoms with Gasteiger partial charge in [0, 0.05) is 11.6 Å². The molecule has 3 aromatic heterocycles. The summed E-state index contributed by atoms with van der Waals surface area (Å²) in [6.45, 7) is -1.19. The van der Waals surface area contributed by atoms with Gasteiger partial charge in [-0.2, -0.15) is 9.49 Å². The van der Waals surface area contributed by atoms with E-state index in [-0.39, 0.29) is 18.1 Å². The molecule has 0 atom stereocenters. The molecule has 1 aromatic carbocycles. The number of benzene rings is 1. The van der Waals surface area contributed by atoms with Crippen LogP contribution in [0.4, 0.5) is 13.2 Å². The second-order valence-corrected chi connectivity index (χ2v) is 5.86. The summed E-state index contributed by atoms with van der Waals surface area (Å²) in [5, 5.41) is 8.15. The van der Waals surface area contributed by atoms with Crippen LogP contribution < -0.4 is 5.56 Å². The van der Waals surface area contributed by atoms with E-state index in [1.807, 2.05) is 0 Å². The molecule has 0 aliphatic rings. The predicted molar refractivity (Wildman–Crippen MR) is 91.8 cm³/mol. The summed E-state index contributed by atoms with van der Waals surface area (Å²) in [5.41, 5.74) is -0.367. The first-order chi connectivity index (χ1) is 13.6. The monoisotopic (exact) mass is 387 g/mol. The lowest BCUT2D eigenvalue weighted by Gasteiger charge is -2.06. The number of hydrogen-bond acceptors (Lipinski definition) is 5. The Bertz CT molecular complexity index is 1180. The van der Waals surface area contributed by atoms with Crippen LogP contribution in [0.3, 0.4) is 0 Å². The van der Waals surface area contributed by atoms with Crippen LogP contribution in [0.15, 0.2) is 52.0 Å². The van der Waals surface area contributed by atoms with Gasteiger partial charge < -0.3 is 9.51 Å². The highest BCUT2D eigenvalue weighted by atomic mass is 19.1. The predicted octanol–water partition coefficient (Wildman–Crippen LogP) is 3.08. The van der Waals surface area contributed by atoms with Crippen LogP contribution in [0.2, 0.25) is 0 Å². The van der Waals surface area contributed by atoms with Crippen molar-refractivity contribution in [3.8, 4) is 22.9 Å². The molecule has 28 heavy (non-hydrogen) atoms. The summed E-state index contributed by atoms with van der Waals surface area (Å²) >= 11 is 0. The van der Waals surface area contributed by atoms with E-state index in [0.29, 0.717) is 17.0 Å². The van der Waals surface area contributed by atoms with Crippen LogP contribution in [0.25, 0.3) is 22.9 Å². The van der Waals surface area contributed by atoms with Gasteiger partial charge >= 0.3 is 0 Å². The molecule has 0 saturated heterocycles. The Morgan fingerprint density at radius 3 is 2.68 bits per heavy atom. The molecule has 7 nitrogen and oxygen atoms in total. The summed E-state index contributed by atoms with van der Waals surface area (Å²) in [6.07, 6.45) is 1.36. The van der Waals surface area contributed by atoms with Crippen molar-refractivity contribution in [2.75, 3.05) is 0 Å². The summed E-state index contributed by atoms with van der Waals surface area (Å²) in [7, 11) is 0. The number of alkyl halides is 1. The summed E-state index contributed by atoms with van der Waals surface area (Å²) in [5.74, 6) is -1.82. The number of H-pyrrole nitrogens is 1. The van der Waals surface area contributed by atoms with Gasteiger partial charge in [0.1, 0.15) is 35.8 Å². The van der Waals surface area contributed by atoms with E-state index in [4.69, 9.17) is 4.52 Å². The van der Waals surface area contributed by atoms with Crippen LogP contribution in [0, 0.1) is 11.6 Å². The highest BCUT2D eigenvalue weighted by Gasteiger charge is 2.19. The van der Waals surface area contributed by atoms with E-state index in [1.165, 1.54) is 23.1 Å². The van der Waals surface area contributed by atoms with Crippen molar-refractivity contribution >= 4 is 0 Å². The second-order valence-electron chi connectivity index (χ2n) is 5.86. The van der Waals surface area contributed by atoms with Crippen LogP contribution in [-0.2, 0) is 13.2 Å². The van der Waals surface area contributed by atoms with Gasteiger partial charge in [-0.25, -0.2) is 13.8 Å². The minimum Gasteiger partial charge on any atom is -0.364 e. The minimum absolute atomic E-state index is 0.0518. The summed E-state index contributed by atoms with van der Waals surface area (Å²) in [4.78, 5) is 17.7. The van der Waals surface area contributed by atoms with Crippen molar-refractivity contribution in [2.24, 2.45) is 0 Å². The van der Waals surface area contributed by atoms with E-state index < -0.39 is 29.6 Å². The largest absolute Gasteiger partial charge is 0.364 e. The highest BCUT2D eigenvalue weighted by Crippen LogP contribution is 2.24. The van der Waals surface area contributed by atoms with Gasteiger partial charge in [-0.3, -0.25) is 9.48 Å². The van der Waals surface area contributed by atoms with Crippen molar-refractivity contribution in [3.63, 3.8) is 0 Å². The molecule has 3 heterocycles. The average Bonchev–Trinajstić information content (AvgIpc) is 3.35. The Morgan fingerprint density at radius 1 is 1.14 bits per heavy atom. The van der Waals surface area contributed by atoms with E-state index in [2.05, 4.69) is 20.2 Å². The van der Waals surface area contributed by atoms with Crippen LogP contribution in [0.1, 0.15) is 11.3 Å². The Labute approximate surface area is 155 Å². The highest BCUT2D eigenvalue weighted by molar-refractivity contribution is 5.62. The molecule has 0 bridgehead atoms. The maximum Gasteiger partial charge on any atom is 0.287 e. The third-order valence-electron chi connectivity index (χ3n) is 4.06. The summed E-state index contributed by atoms with van der Waals surface area (Å²) < 4.78 is 46.9. The van der Waals surface area contributed by atoms with Gasteiger partial charge in [-0.1, -0.05) is 23.4 Å². The Morgan fingerprint density at radius 2 is 1.96 bits per heavy atom. The van der Waals surface area contributed by atoms with Crippen molar-refractivity contribution in [2.45, 2.75) is 13.2 Å². The Kier molecular flexibility index (Phi) is 4.52. The number of aromatic amines is 1. The lowest BCUT2D eigenvalue weighted by atomic mass is 10.2. The number of hydrogen-bond donors (Lipinski definition) is 1. The normalized spacial score (nSPS) is 11.1. The lowest BCUT2D eigenvalue weighted by Crippen LogP contribution is -2.17. The van der Waals surface area contributed by atoms with Gasteiger partial charge in [0.05, 0.1) is 12.2 Å². The minimum atomic E-state index is -1.28. The first-order valence-electron chi connectivity index (χ1n) is 8.14. The standard InChI is InChI=1S/C18H12F3N5O2/c19-8-14-16(21)18(27)23-17(22-14)13-7-15(12-5-6-28-25-12)26(24-13)9-10-3-1-2-4-11(10)20/h1-7H,8-9H2,(H,22,23,27). The van der Waals surface area contributed by atoms with E-state index in [1.54, 1.807) is 24.3 Å². The van der Waals surface area contributed by atoms with Gasteiger partial charge in [-0.05, 0) is 12.1 Å². The quantitative estimate of drug-likeness (QED) is 0.568. The zero-order chi connectivity index (χ0) is 19.7. The number of nitrogens with one attached hydrogen (secondary N) is 1. The first kappa shape index (κ1) is 17.7. The average molecular weight is 387 g/mol. The molecule has 4 rings (SSSR count). The fourth-order valence-electron chi connectivity index (χ4n) is 2.71. The van der Waals surface area contributed by atoms with Gasteiger partial charge in [0.2, 0.25) is 5.82 Å². The third kappa shape index (κ3) is 3.20.